The van der Waals surface area contributed by atoms with Crippen LogP contribution in [-0.2, 0) is 6.61 Å². The van der Waals surface area contributed by atoms with Gasteiger partial charge in [-0.2, -0.15) is 5.10 Å². The molecule has 0 spiro atoms. The molecule has 3 N–H and O–H groups in total. The number of carbonyl (C=O) groups is 1. The fourth-order valence-electron chi connectivity index (χ4n) is 2.49. The molecule has 29 heavy (non-hydrogen) atoms. The van der Waals surface area contributed by atoms with Gasteiger partial charge in [-0.1, -0.05) is 41.9 Å². The molecule has 0 heterocycles. The maximum atomic E-state index is 12.1. The Morgan fingerprint density at radius 3 is 2.45 bits per heavy atom. The Kier molecular flexibility index (Phi) is 7.30. The Morgan fingerprint density at radius 2 is 1.76 bits per heavy atom. The van der Waals surface area contributed by atoms with Crippen molar-refractivity contribution in [3.63, 3.8) is 0 Å². The lowest BCUT2D eigenvalue weighted by Gasteiger charge is -2.12. The molecular weight excluding hydrogens is 522 g/mol. The summed E-state index contributed by atoms with van der Waals surface area (Å²) in [7, 11) is 0. The van der Waals surface area contributed by atoms with Gasteiger partial charge < -0.3 is 10.5 Å². The molecule has 3 aromatic rings. The van der Waals surface area contributed by atoms with Gasteiger partial charge in [0.05, 0.1) is 20.7 Å². The minimum Gasteiger partial charge on any atom is -0.486 e. The molecule has 0 unspecified atom stereocenters. The molecule has 0 radical (unpaired) electrons. The molecule has 3 rings (SSSR count). The number of amides is 1. The van der Waals surface area contributed by atoms with Crippen LogP contribution in [0.15, 0.2) is 74.7 Å². The predicted molar refractivity (Wildman–Crippen MR) is 124 cm³/mol. The Morgan fingerprint density at radius 1 is 1.10 bits per heavy atom. The zero-order valence-electron chi connectivity index (χ0n) is 15.0. The highest BCUT2D eigenvalue weighted by Gasteiger charge is 2.11. The number of ether oxygens (including phenoxy) is 1. The van der Waals surface area contributed by atoms with Crippen LogP contribution in [0.1, 0.15) is 21.5 Å². The maximum Gasteiger partial charge on any atom is 0.273 e. The van der Waals surface area contributed by atoms with Crippen LogP contribution in [0.25, 0.3) is 0 Å². The lowest BCUT2D eigenvalue weighted by molar-refractivity contribution is 0.0956. The van der Waals surface area contributed by atoms with Crippen LogP contribution in [0.5, 0.6) is 5.75 Å². The van der Waals surface area contributed by atoms with E-state index in [0.29, 0.717) is 28.6 Å². The highest BCUT2D eigenvalue weighted by atomic mass is 79.9. The van der Waals surface area contributed by atoms with E-state index >= 15 is 0 Å². The number of nitrogen functional groups attached to an aromatic ring is 1. The van der Waals surface area contributed by atoms with Gasteiger partial charge in [-0.3, -0.25) is 4.79 Å². The van der Waals surface area contributed by atoms with Crippen molar-refractivity contribution in [3.8, 4) is 5.75 Å². The number of hydrogen-bond acceptors (Lipinski definition) is 4. The van der Waals surface area contributed by atoms with E-state index < -0.39 is 0 Å². The molecule has 1 amide bonds. The number of para-hydroxylation sites is 1. The van der Waals surface area contributed by atoms with E-state index in [1.807, 2.05) is 36.4 Å². The van der Waals surface area contributed by atoms with Crippen LogP contribution >= 0.6 is 43.5 Å². The van der Waals surface area contributed by atoms with Gasteiger partial charge >= 0.3 is 0 Å². The third-order valence-corrected chi connectivity index (χ3v) is 5.48. The van der Waals surface area contributed by atoms with Gasteiger partial charge in [-0.05, 0) is 67.8 Å². The molecule has 0 saturated carbocycles. The van der Waals surface area contributed by atoms with Crippen LogP contribution in [-0.4, -0.2) is 12.1 Å². The van der Waals surface area contributed by atoms with Crippen LogP contribution in [0, 0.1) is 0 Å². The van der Waals surface area contributed by atoms with Gasteiger partial charge in [0, 0.05) is 16.3 Å². The highest BCUT2D eigenvalue weighted by molar-refractivity contribution is 9.11. The standard InChI is InChI=1S/C21H16Br2ClN3O2/c22-16-9-13(11-26-27-21(28)15-6-2-4-8-19(15)25)10-17(23)20(16)29-12-14-5-1-3-7-18(14)24/h1-11H,12,25H2,(H,27,28)/b26-11-. The Balaban J connectivity index is 1.67. The van der Waals surface area contributed by atoms with E-state index in [1.165, 1.54) is 6.21 Å². The van der Waals surface area contributed by atoms with Crippen LogP contribution in [0.3, 0.4) is 0 Å². The number of hydrogen-bond donors (Lipinski definition) is 2. The van der Waals surface area contributed by atoms with Crippen LogP contribution in [0.4, 0.5) is 5.69 Å². The van der Waals surface area contributed by atoms with Crippen molar-refractivity contribution in [3.05, 3.63) is 91.3 Å². The van der Waals surface area contributed by atoms with Crippen LogP contribution < -0.4 is 15.9 Å². The van der Waals surface area contributed by atoms with Gasteiger partial charge in [0.2, 0.25) is 0 Å². The third-order valence-electron chi connectivity index (χ3n) is 3.94. The number of nitrogens with two attached hydrogens (primary N) is 1. The summed E-state index contributed by atoms with van der Waals surface area (Å²) in [6.45, 7) is 0.332. The Hall–Kier alpha value is -2.35. The molecule has 0 aliphatic carbocycles. The molecule has 0 aliphatic heterocycles. The lowest BCUT2D eigenvalue weighted by Crippen LogP contribution is -2.19. The molecule has 3 aromatic carbocycles. The summed E-state index contributed by atoms with van der Waals surface area (Å²) in [6, 6.07) is 18.0. The minimum absolute atomic E-state index is 0.332. The topological polar surface area (TPSA) is 76.7 Å². The maximum absolute atomic E-state index is 12.1. The van der Waals surface area contributed by atoms with Crippen LogP contribution in [0.2, 0.25) is 5.02 Å². The number of nitrogens with zero attached hydrogens (tertiary/aromatic N) is 1. The van der Waals surface area contributed by atoms with Crippen molar-refractivity contribution >= 4 is 61.3 Å². The molecule has 8 heteroatoms. The first kappa shape index (κ1) is 21.4. The van der Waals surface area contributed by atoms with Gasteiger partial charge in [0.25, 0.3) is 5.91 Å². The van der Waals surface area contributed by atoms with E-state index in [9.17, 15) is 4.79 Å². The molecule has 5 nitrogen and oxygen atoms in total. The van der Waals surface area contributed by atoms with Crippen molar-refractivity contribution in [1.29, 1.82) is 0 Å². The number of anilines is 1. The van der Waals surface area contributed by atoms with Crippen molar-refractivity contribution in [2.45, 2.75) is 6.61 Å². The van der Waals surface area contributed by atoms with Crippen molar-refractivity contribution in [2.24, 2.45) is 5.10 Å². The van der Waals surface area contributed by atoms with Gasteiger partial charge in [0.1, 0.15) is 12.4 Å². The monoisotopic (exact) mass is 535 g/mol. The summed E-state index contributed by atoms with van der Waals surface area (Å²) < 4.78 is 7.37. The molecular formula is C21H16Br2ClN3O2. The molecule has 148 valence electrons. The number of benzene rings is 3. The number of nitrogens with one attached hydrogen (secondary N) is 1. The van der Waals surface area contributed by atoms with E-state index in [0.717, 1.165) is 20.1 Å². The normalized spacial score (nSPS) is 10.9. The molecule has 0 saturated heterocycles. The average Bonchev–Trinajstić information content (AvgIpc) is 2.69. The predicted octanol–water partition coefficient (Wildman–Crippen LogP) is 5.79. The zero-order valence-corrected chi connectivity index (χ0v) is 19.0. The first-order valence-corrected chi connectivity index (χ1v) is 10.4. The van der Waals surface area contributed by atoms with Crippen molar-refractivity contribution in [2.75, 3.05) is 5.73 Å². The molecule has 0 aromatic heterocycles. The smallest absolute Gasteiger partial charge is 0.273 e. The number of rotatable bonds is 6. The molecule has 0 aliphatic rings. The molecule has 0 atom stereocenters. The van der Waals surface area contributed by atoms with Crippen molar-refractivity contribution < 1.29 is 9.53 Å². The second-order valence-electron chi connectivity index (χ2n) is 5.98. The first-order chi connectivity index (χ1) is 14.0. The largest absolute Gasteiger partial charge is 0.486 e. The number of halogens is 3. The number of carbonyl (C=O) groups excluding carboxylic acids is 1. The zero-order chi connectivity index (χ0) is 20.8. The summed E-state index contributed by atoms with van der Waals surface area (Å²) in [4.78, 5) is 12.1. The second-order valence-corrected chi connectivity index (χ2v) is 8.10. The highest BCUT2D eigenvalue weighted by Crippen LogP contribution is 2.35. The quantitative estimate of drug-likeness (QED) is 0.237. The van der Waals surface area contributed by atoms with E-state index in [2.05, 4.69) is 42.4 Å². The summed E-state index contributed by atoms with van der Waals surface area (Å²) in [5.74, 6) is 0.264. The third kappa shape index (κ3) is 5.59. The van der Waals surface area contributed by atoms with Gasteiger partial charge in [-0.15, -0.1) is 0 Å². The Bertz CT molecular complexity index is 1050. The molecule has 0 fully saturated rings. The first-order valence-electron chi connectivity index (χ1n) is 8.49. The van der Waals surface area contributed by atoms with Gasteiger partial charge in [0.15, 0.2) is 0 Å². The minimum atomic E-state index is -0.378. The average molecular weight is 538 g/mol. The summed E-state index contributed by atoms with van der Waals surface area (Å²) in [5.41, 5.74) is 10.7. The van der Waals surface area contributed by atoms with Gasteiger partial charge in [-0.25, -0.2) is 5.43 Å². The summed E-state index contributed by atoms with van der Waals surface area (Å²) >= 11 is 13.2. The second kappa shape index (κ2) is 9.91. The summed E-state index contributed by atoms with van der Waals surface area (Å²) in [6.07, 6.45) is 1.53. The lowest BCUT2D eigenvalue weighted by atomic mass is 10.2. The SMILES string of the molecule is Nc1ccccc1C(=O)N/N=C\c1cc(Br)c(OCc2ccccc2Cl)c(Br)c1. The Labute approximate surface area is 190 Å². The fourth-order valence-corrected chi connectivity index (χ4v) is 4.13. The van der Waals surface area contributed by atoms with Crippen molar-refractivity contribution in [1.82, 2.24) is 5.43 Å². The summed E-state index contributed by atoms with van der Waals surface area (Å²) in [5, 5.41) is 4.65. The fraction of sp³-hybridized carbons (Fsp3) is 0.0476. The van der Waals surface area contributed by atoms with E-state index in [-0.39, 0.29) is 5.91 Å². The molecule has 0 bridgehead atoms. The van der Waals surface area contributed by atoms with E-state index in [1.54, 1.807) is 24.3 Å². The number of hydrazone groups is 1. The van der Waals surface area contributed by atoms with E-state index in [4.69, 9.17) is 22.1 Å².